The van der Waals surface area contributed by atoms with Gasteiger partial charge in [-0.2, -0.15) is 0 Å². The zero-order valence-corrected chi connectivity index (χ0v) is 13.1. The van der Waals surface area contributed by atoms with Gasteiger partial charge >= 0.3 is 12.1 Å². The predicted molar refractivity (Wildman–Crippen MR) is 79.5 cm³/mol. The van der Waals surface area contributed by atoms with Gasteiger partial charge in [-0.25, -0.2) is 9.59 Å². The number of rotatable bonds is 3. The first-order valence-electron chi connectivity index (χ1n) is 6.23. The van der Waals surface area contributed by atoms with Crippen molar-refractivity contribution in [2.24, 2.45) is 5.73 Å². The summed E-state index contributed by atoms with van der Waals surface area (Å²) in [5.74, 6) is -1.43. The lowest BCUT2D eigenvalue weighted by atomic mass is 9.92. The van der Waals surface area contributed by atoms with Gasteiger partial charge in [0.1, 0.15) is 12.1 Å². The molecule has 0 bridgehead atoms. The number of hydrogen-bond donors (Lipinski definition) is 3. The summed E-state index contributed by atoms with van der Waals surface area (Å²) in [6, 6.07) is 5.14. The highest BCUT2D eigenvalue weighted by Crippen LogP contribution is 2.30. The highest BCUT2D eigenvalue weighted by molar-refractivity contribution is 9.10. The number of nitrogens with zero attached hydrogens (tertiary/aromatic N) is 1. The van der Waals surface area contributed by atoms with E-state index >= 15 is 0 Å². The summed E-state index contributed by atoms with van der Waals surface area (Å²) in [4.78, 5) is 47.3. The Morgan fingerprint density at radius 1 is 1.41 bits per heavy atom. The molecule has 1 fully saturated rings. The van der Waals surface area contributed by atoms with Crippen molar-refractivity contribution in [3.05, 3.63) is 34.3 Å². The van der Waals surface area contributed by atoms with Gasteiger partial charge in [0.2, 0.25) is 5.91 Å². The van der Waals surface area contributed by atoms with E-state index in [0.29, 0.717) is 5.56 Å². The fraction of sp³-hybridized carbons (Fsp3) is 0.231. The third-order valence-electron chi connectivity index (χ3n) is 3.24. The number of primary amides is 1. The molecule has 0 aliphatic carbocycles. The molecule has 2 rings (SSSR count). The van der Waals surface area contributed by atoms with Gasteiger partial charge in [0.15, 0.2) is 0 Å². The van der Waals surface area contributed by atoms with Crippen LogP contribution in [0.15, 0.2) is 28.7 Å². The molecule has 22 heavy (non-hydrogen) atoms. The van der Waals surface area contributed by atoms with Crippen molar-refractivity contribution in [1.82, 2.24) is 15.5 Å². The molecule has 0 saturated carbocycles. The Bertz CT molecular complexity index is 678. The molecule has 0 spiro atoms. The van der Waals surface area contributed by atoms with Gasteiger partial charge in [0.05, 0.1) is 0 Å². The number of hydrogen-bond acceptors (Lipinski definition) is 4. The van der Waals surface area contributed by atoms with E-state index in [0.717, 1.165) is 9.37 Å². The number of carbonyl (C=O) groups excluding carboxylic acids is 4. The monoisotopic (exact) mass is 368 g/mol. The molecule has 0 radical (unpaired) electrons. The number of nitrogens with two attached hydrogens (primary N) is 1. The summed E-state index contributed by atoms with van der Waals surface area (Å²) in [7, 11) is 0. The molecule has 1 aliphatic heterocycles. The number of amides is 6. The lowest BCUT2D eigenvalue weighted by Crippen LogP contribution is -2.45. The van der Waals surface area contributed by atoms with Crippen molar-refractivity contribution in [3.63, 3.8) is 0 Å². The summed E-state index contributed by atoms with van der Waals surface area (Å²) in [5.41, 5.74) is 4.10. The molecule has 1 aromatic rings. The van der Waals surface area contributed by atoms with Crippen LogP contribution in [0.1, 0.15) is 12.5 Å². The van der Waals surface area contributed by atoms with E-state index < -0.39 is 36.0 Å². The largest absolute Gasteiger partial charge is 0.351 e. The molecule has 8 nitrogen and oxygen atoms in total. The Balaban J connectivity index is 2.24. The van der Waals surface area contributed by atoms with Crippen LogP contribution in [0.4, 0.5) is 9.59 Å². The molecule has 0 aromatic heterocycles. The molecule has 9 heteroatoms. The van der Waals surface area contributed by atoms with Crippen molar-refractivity contribution in [2.45, 2.75) is 12.5 Å². The average molecular weight is 369 g/mol. The molecule has 116 valence electrons. The first-order valence-corrected chi connectivity index (χ1v) is 7.03. The maximum Gasteiger partial charge on any atom is 0.325 e. The topological polar surface area (TPSA) is 122 Å². The molecular weight excluding hydrogens is 356 g/mol. The lowest BCUT2D eigenvalue weighted by Gasteiger charge is -2.22. The Labute approximate surface area is 134 Å². The van der Waals surface area contributed by atoms with E-state index in [-0.39, 0.29) is 0 Å². The molecule has 1 aromatic carbocycles. The minimum absolute atomic E-state index is 0.568. The van der Waals surface area contributed by atoms with E-state index in [1.807, 2.05) is 0 Å². The lowest BCUT2D eigenvalue weighted by molar-refractivity contribution is -0.134. The Morgan fingerprint density at radius 2 is 2.09 bits per heavy atom. The molecule has 0 unspecified atom stereocenters. The van der Waals surface area contributed by atoms with Crippen LogP contribution < -0.4 is 16.4 Å². The summed E-state index contributed by atoms with van der Waals surface area (Å²) in [6.07, 6.45) is 0. The standard InChI is InChI=1S/C13H13BrN4O4/c1-13(7-3-2-4-8(14)5-7)10(20)18(12(22)17-13)6-9(19)16-11(15)21/h2-5H,6H2,1H3,(H,17,22)(H3,15,16,19,21)/t13-/m1/s1. The van der Waals surface area contributed by atoms with E-state index in [2.05, 4.69) is 21.2 Å². The third-order valence-corrected chi connectivity index (χ3v) is 3.73. The van der Waals surface area contributed by atoms with Gasteiger partial charge in [0, 0.05) is 4.47 Å². The van der Waals surface area contributed by atoms with Gasteiger partial charge in [-0.1, -0.05) is 28.1 Å². The zero-order chi connectivity index (χ0) is 16.5. The molecule has 1 atom stereocenters. The van der Waals surface area contributed by atoms with Crippen LogP contribution in [0.2, 0.25) is 0 Å². The highest BCUT2D eigenvalue weighted by atomic mass is 79.9. The van der Waals surface area contributed by atoms with Crippen LogP contribution >= 0.6 is 15.9 Å². The molecule has 1 saturated heterocycles. The Morgan fingerprint density at radius 3 is 2.68 bits per heavy atom. The third kappa shape index (κ3) is 2.93. The fourth-order valence-corrected chi connectivity index (χ4v) is 2.56. The van der Waals surface area contributed by atoms with Gasteiger partial charge < -0.3 is 11.1 Å². The Hall–Kier alpha value is -2.42. The second-order valence-electron chi connectivity index (χ2n) is 4.87. The first kappa shape index (κ1) is 16.0. The maximum atomic E-state index is 12.5. The number of nitrogens with one attached hydrogen (secondary N) is 2. The fourth-order valence-electron chi connectivity index (χ4n) is 2.16. The zero-order valence-electron chi connectivity index (χ0n) is 11.6. The minimum atomic E-state index is -1.28. The summed E-state index contributed by atoms with van der Waals surface area (Å²) in [5, 5.41) is 4.36. The predicted octanol–water partition coefficient (Wildman–Crippen LogP) is 0.411. The summed E-state index contributed by atoms with van der Waals surface area (Å²) >= 11 is 3.30. The number of halogens is 1. The summed E-state index contributed by atoms with van der Waals surface area (Å²) in [6.45, 7) is 0.957. The van der Waals surface area contributed by atoms with Crippen LogP contribution in [0.5, 0.6) is 0 Å². The molecular formula is C13H13BrN4O4. The van der Waals surface area contributed by atoms with Crippen molar-refractivity contribution in [1.29, 1.82) is 0 Å². The smallest absolute Gasteiger partial charge is 0.325 e. The quantitative estimate of drug-likeness (QED) is 0.668. The molecule has 1 aliphatic rings. The Kier molecular flexibility index (Phi) is 4.18. The van der Waals surface area contributed by atoms with E-state index in [1.165, 1.54) is 0 Å². The second kappa shape index (κ2) is 5.76. The SMILES string of the molecule is C[C@]1(c2cccc(Br)c2)NC(=O)N(CC(=O)NC(N)=O)C1=O. The highest BCUT2D eigenvalue weighted by Gasteiger charge is 2.49. The number of imide groups is 2. The molecule has 1 heterocycles. The van der Waals surface area contributed by atoms with E-state index in [9.17, 15) is 19.2 Å². The number of urea groups is 2. The van der Waals surface area contributed by atoms with Crippen LogP contribution in [0.25, 0.3) is 0 Å². The van der Waals surface area contributed by atoms with Crippen LogP contribution in [0.3, 0.4) is 0 Å². The number of carbonyl (C=O) groups is 4. The van der Waals surface area contributed by atoms with Crippen LogP contribution in [-0.4, -0.2) is 35.3 Å². The normalized spacial score (nSPS) is 20.7. The summed E-state index contributed by atoms with van der Waals surface area (Å²) < 4.78 is 0.748. The molecule has 4 N–H and O–H groups in total. The molecule has 6 amide bonds. The van der Waals surface area contributed by atoms with Crippen molar-refractivity contribution >= 4 is 39.8 Å². The second-order valence-corrected chi connectivity index (χ2v) is 5.78. The van der Waals surface area contributed by atoms with Crippen molar-refractivity contribution in [3.8, 4) is 0 Å². The van der Waals surface area contributed by atoms with Crippen LogP contribution in [-0.2, 0) is 15.1 Å². The van der Waals surface area contributed by atoms with Gasteiger partial charge in [-0.3, -0.25) is 19.8 Å². The van der Waals surface area contributed by atoms with Gasteiger partial charge in [-0.05, 0) is 24.6 Å². The number of benzene rings is 1. The van der Waals surface area contributed by atoms with Crippen molar-refractivity contribution < 1.29 is 19.2 Å². The maximum absolute atomic E-state index is 12.5. The van der Waals surface area contributed by atoms with E-state index in [4.69, 9.17) is 5.73 Å². The van der Waals surface area contributed by atoms with Gasteiger partial charge in [0.25, 0.3) is 5.91 Å². The van der Waals surface area contributed by atoms with E-state index in [1.54, 1.807) is 36.5 Å². The first-order chi connectivity index (χ1) is 10.2. The average Bonchev–Trinajstić information content (AvgIpc) is 2.63. The van der Waals surface area contributed by atoms with Crippen LogP contribution in [0, 0.1) is 0 Å². The van der Waals surface area contributed by atoms with Crippen molar-refractivity contribution in [2.75, 3.05) is 6.54 Å². The minimum Gasteiger partial charge on any atom is -0.351 e. The van der Waals surface area contributed by atoms with Gasteiger partial charge in [-0.15, -0.1) is 0 Å².